The molecule has 0 radical (unpaired) electrons. The van der Waals surface area contributed by atoms with Gasteiger partial charge in [0.25, 0.3) is 0 Å². The van der Waals surface area contributed by atoms with Gasteiger partial charge in [-0.05, 0) is 12.0 Å². The Balaban J connectivity index is 0. The first-order valence-electron chi connectivity index (χ1n) is 11.4. The summed E-state index contributed by atoms with van der Waals surface area (Å²) in [5, 5.41) is 38.7. The highest BCUT2D eigenvalue weighted by atomic mass is 32.1. The summed E-state index contributed by atoms with van der Waals surface area (Å²) in [6.45, 7) is -0.567. The molecule has 1 rings (SSSR count). The average Bonchev–Trinajstić information content (AvgIpc) is 2.92. The van der Waals surface area contributed by atoms with Crippen LogP contribution in [0.15, 0.2) is 30.3 Å². The molecular weight excluding hydrogens is 627 g/mol. The highest BCUT2D eigenvalue weighted by molar-refractivity contribution is 7.80. The average molecular weight is 661 g/mol. The normalized spacial score (nSPS) is 13.2. The zero-order chi connectivity index (χ0) is 33.0. The lowest BCUT2D eigenvalue weighted by atomic mass is 10.1. The maximum Gasteiger partial charge on any atom is 0.527 e. The van der Waals surface area contributed by atoms with Gasteiger partial charge in [0.2, 0.25) is 11.8 Å². The van der Waals surface area contributed by atoms with Gasteiger partial charge in [-0.15, -0.1) is 0 Å². The second-order valence-electron chi connectivity index (χ2n) is 7.74. The predicted molar refractivity (Wildman–Crippen MR) is 150 cm³/mol. The molecule has 0 aliphatic rings. The van der Waals surface area contributed by atoms with Crippen molar-refractivity contribution in [3.8, 4) is 0 Å². The molecule has 0 fully saturated rings. The van der Waals surface area contributed by atoms with Crippen LogP contribution in [0, 0.1) is 0 Å². The maximum atomic E-state index is 11.5. The highest BCUT2D eigenvalue weighted by Gasteiger charge is 2.24. The minimum atomic E-state index is -4.75. The summed E-state index contributed by atoms with van der Waals surface area (Å²) in [4.78, 5) is 80.7. The van der Waals surface area contributed by atoms with E-state index in [1.807, 2.05) is 0 Å². The number of phosphoric acid groups is 1. The first kappa shape index (κ1) is 40.9. The largest absolute Gasteiger partial charge is 0.527 e. The first-order chi connectivity index (χ1) is 19.4. The Kier molecular flexibility index (Phi) is 20.9. The summed E-state index contributed by atoms with van der Waals surface area (Å²) in [6, 6.07) is 5.01. The van der Waals surface area contributed by atoms with Crippen molar-refractivity contribution in [2.45, 2.75) is 37.1 Å². The molecule has 0 saturated heterocycles. The van der Waals surface area contributed by atoms with E-state index in [2.05, 4.69) is 40.4 Å². The fraction of sp³-hybridized carbons (Fsp3) is 0.429. The van der Waals surface area contributed by atoms with Crippen LogP contribution >= 0.6 is 33.1 Å². The predicted octanol–water partition coefficient (Wildman–Crippen LogP) is -2.52. The topological polar surface area (TPSA) is 326 Å². The number of aliphatic hydroxyl groups is 1. The van der Waals surface area contributed by atoms with Gasteiger partial charge in [0.15, 0.2) is 6.10 Å². The van der Waals surface area contributed by atoms with Gasteiger partial charge >= 0.3 is 31.7 Å². The van der Waals surface area contributed by atoms with Crippen LogP contribution in [0.3, 0.4) is 0 Å². The van der Waals surface area contributed by atoms with Gasteiger partial charge in [-0.2, -0.15) is 25.3 Å². The number of carboxylic acids is 3. The van der Waals surface area contributed by atoms with Crippen molar-refractivity contribution in [3.63, 3.8) is 0 Å². The maximum absolute atomic E-state index is 11.5. The van der Waals surface area contributed by atoms with Crippen molar-refractivity contribution in [3.05, 3.63) is 35.9 Å². The number of nitrogens with one attached hydrogen (secondary N) is 2. The molecule has 4 atom stereocenters. The van der Waals surface area contributed by atoms with Crippen LogP contribution in [0.5, 0.6) is 0 Å². The van der Waals surface area contributed by atoms with Crippen LogP contribution in [-0.4, -0.2) is 102 Å². The molecule has 238 valence electrons. The third-order valence-corrected chi connectivity index (χ3v) is 5.48. The van der Waals surface area contributed by atoms with E-state index in [4.69, 9.17) is 41.7 Å². The minimum Gasteiger partial charge on any atom is -0.480 e. The molecular formula is C21H33N4O14PS2. The summed E-state index contributed by atoms with van der Waals surface area (Å²) >= 11 is 7.50. The van der Waals surface area contributed by atoms with Crippen LogP contribution in [0.25, 0.3) is 0 Å². The van der Waals surface area contributed by atoms with Crippen LogP contribution in [-0.2, 0) is 37.9 Å². The molecule has 0 bridgehead atoms. The quantitative estimate of drug-likeness (QED) is 0.0723. The number of nitrogens with two attached hydrogens (primary N) is 2. The fourth-order valence-electron chi connectivity index (χ4n) is 2.19. The minimum absolute atomic E-state index is 0.0256. The number of hydrogen-bond acceptors (Lipinski definition) is 13. The van der Waals surface area contributed by atoms with E-state index in [0.29, 0.717) is 5.56 Å². The van der Waals surface area contributed by atoms with Crippen molar-refractivity contribution in [1.82, 2.24) is 10.6 Å². The fourth-order valence-corrected chi connectivity index (χ4v) is 2.97. The van der Waals surface area contributed by atoms with Crippen LogP contribution < -0.4 is 22.1 Å². The SMILES string of the molecule is NC(CCC(=O)NC(CS)C(=O)NCC(=O)O)C(=O)O.N[C@@H](CS)C(=O)OP(=O)(O)O.O=C(O)C(O)c1ccccc1. The molecule has 0 aliphatic carbocycles. The van der Waals surface area contributed by atoms with E-state index < -0.39 is 74.3 Å². The number of aliphatic hydroxyl groups excluding tert-OH is 1. The summed E-state index contributed by atoms with van der Waals surface area (Å²) < 4.78 is 13.7. The lowest BCUT2D eigenvalue weighted by Gasteiger charge is -2.16. The highest BCUT2D eigenvalue weighted by Crippen LogP contribution is 2.36. The van der Waals surface area contributed by atoms with E-state index in [1.54, 1.807) is 30.3 Å². The molecule has 18 nitrogen and oxygen atoms in total. The monoisotopic (exact) mass is 660 g/mol. The molecule has 3 unspecified atom stereocenters. The number of phosphoric ester groups is 1. The Bertz CT molecular complexity index is 1090. The zero-order valence-electron chi connectivity index (χ0n) is 21.7. The molecule has 0 heterocycles. The smallest absolute Gasteiger partial charge is 0.480 e. The number of rotatable bonds is 14. The molecule has 0 aliphatic heterocycles. The van der Waals surface area contributed by atoms with Crippen LogP contribution in [0.2, 0.25) is 0 Å². The van der Waals surface area contributed by atoms with E-state index >= 15 is 0 Å². The van der Waals surface area contributed by atoms with Gasteiger partial charge in [-0.3, -0.25) is 29.0 Å². The molecule has 42 heavy (non-hydrogen) atoms. The van der Waals surface area contributed by atoms with Crippen molar-refractivity contribution in [1.29, 1.82) is 0 Å². The first-order valence-corrected chi connectivity index (χ1v) is 14.1. The van der Waals surface area contributed by atoms with Crippen molar-refractivity contribution in [2.75, 3.05) is 18.1 Å². The molecule has 12 N–H and O–H groups in total. The third kappa shape index (κ3) is 20.6. The number of carboxylic acid groups (broad SMARTS) is 3. The van der Waals surface area contributed by atoms with E-state index in [0.717, 1.165) is 0 Å². The van der Waals surface area contributed by atoms with Gasteiger partial charge in [-0.1, -0.05) is 30.3 Å². The Hall–Kier alpha value is -3.23. The number of aliphatic carboxylic acids is 3. The van der Waals surface area contributed by atoms with Gasteiger partial charge in [-0.25, -0.2) is 14.2 Å². The molecule has 0 aromatic heterocycles. The van der Waals surface area contributed by atoms with Gasteiger partial charge in [0, 0.05) is 17.9 Å². The molecule has 1 aromatic rings. The second kappa shape index (κ2) is 21.5. The number of hydrogen-bond donors (Lipinski definition) is 12. The summed E-state index contributed by atoms with van der Waals surface area (Å²) in [5.41, 5.74) is 10.7. The number of benzene rings is 1. The molecule has 1 aromatic carbocycles. The van der Waals surface area contributed by atoms with Gasteiger partial charge in [0.1, 0.15) is 24.7 Å². The van der Waals surface area contributed by atoms with E-state index in [1.165, 1.54) is 0 Å². The lowest BCUT2D eigenvalue weighted by Crippen LogP contribution is -2.49. The van der Waals surface area contributed by atoms with E-state index in [-0.39, 0.29) is 24.3 Å². The van der Waals surface area contributed by atoms with Crippen molar-refractivity contribution >= 4 is 68.8 Å². The Morgan fingerprint density at radius 1 is 0.905 bits per heavy atom. The molecule has 2 amide bonds. The molecule has 0 spiro atoms. The van der Waals surface area contributed by atoms with E-state index in [9.17, 15) is 33.3 Å². The second-order valence-corrected chi connectivity index (χ2v) is 9.63. The standard InChI is InChI=1S/C10H17N3O6S.C8H8O3.C3H8NO5PS/c11-5(10(18)19)1-2-7(14)13-6(4-20)9(17)12-3-8(15)16;9-7(8(10)11)6-4-2-1-3-5-6;4-2(1-11)3(5)9-10(6,7)8/h5-6,20H,1-4,11H2,(H,12,17)(H,13,14)(H,15,16)(H,18,19);1-5,7,9H,(H,10,11);2,11H,1,4H2,(H2,6,7,8)/t;;2-/m..0/s1. The number of amides is 2. The number of thiol groups is 2. The van der Waals surface area contributed by atoms with Gasteiger partial charge in [0.05, 0.1) is 0 Å². The zero-order valence-corrected chi connectivity index (χ0v) is 24.4. The number of carbonyl (C=O) groups excluding carboxylic acids is 3. The van der Waals surface area contributed by atoms with Gasteiger partial charge < -0.3 is 47.1 Å². The summed E-state index contributed by atoms with van der Waals surface area (Å²) in [7, 11) is -4.75. The Labute approximate surface area is 249 Å². The number of carbonyl (C=O) groups is 6. The van der Waals surface area contributed by atoms with Crippen LogP contribution in [0.1, 0.15) is 24.5 Å². The van der Waals surface area contributed by atoms with Crippen LogP contribution in [0.4, 0.5) is 0 Å². The van der Waals surface area contributed by atoms with Crippen molar-refractivity contribution < 1.29 is 68.1 Å². The Morgan fingerprint density at radius 3 is 1.86 bits per heavy atom. The molecule has 21 heteroatoms. The lowest BCUT2D eigenvalue weighted by molar-refractivity contribution is -0.147. The van der Waals surface area contributed by atoms with Crippen molar-refractivity contribution in [2.24, 2.45) is 11.5 Å². The summed E-state index contributed by atoms with van der Waals surface area (Å²) in [5.74, 6) is -6.12. The summed E-state index contributed by atoms with van der Waals surface area (Å²) in [6.07, 6.45) is -1.64. The third-order valence-electron chi connectivity index (χ3n) is 4.31. The molecule has 0 saturated carbocycles. The Morgan fingerprint density at radius 2 is 1.45 bits per heavy atom.